The van der Waals surface area contributed by atoms with E-state index in [1.165, 1.54) is 30.5 Å². The number of rotatable bonds is 1. The highest BCUT2D eigenvalue weighted by molar-refractivity contribution is 6.27. The third-order valence-electron chi connectivity index (χ3n) is 2.81. The monoisotopic (exact) mass is 251 g/mol. The van der Waals surface area contributed by atoms with Crippen molar-refractivity contribution in [2.24, 2.45) is 0 Å². The number of aliphatic carboxylic acids is 2. The van der Waals surface area contributed by atoms with Crippen molar-refractivity contribution in [3.8, 4) is 0 Å². The van der Waals surface area contributed by atoms with E-state index in [4.69, 9.17) is 19.8 Å². The Bertz CT molecular complexity index is 413. The molecule has 1 heterocycles. The summed E-state index contributed by atoms with van der Waals surface area (Å²) >= 11 is 0. The summed E-state index contributed by atoms with van der Waals surface area (Å²) in [5, 5.41) is 18.3. The van der Waals surface area contributed by atoms with E-state index in [2.05, 4.69) is 36.5 Å². The van der Waals surface area contributed by atoms with E-state index >= 15 is 0 Å². The molecule has 5 nitrogen and oxygen atoms in total. The normalized spacial score (nSPS) is 17.7. The van der Waals surface area contributed by atoms with Gasteiger partial charge in [0.15, 0.2) is 0 Å². The maximum atomic E-state index is 9.10. The lowest BCUT2D eigenvalue weighted by Gasteiger charge is -2.12. The van der Waals surface area contributed by atoms with Gasteiger partial charge >= 0.3 is 11.9 Å². The molecule has 1 saturated heterocycles. The number of nitrogens with one attached hydrogen (secondary N) is 1. The van der Waals surface area contributed by atoms with Crippen molar-refractivity contribution in [2.45, 2.75) is 25.8 Å². The van der Waals surface area contributed by atoms with E-state index in [-0.39, 0.29) is 0 Å². The Hall–Kier alpha value is -1.88. The highest BCUT2D eigenvalue weighted by Crippen LogP contribution is 2.24. The third kappa shape index (κ3) is 4.18. The zero-order valence-electron chi connectivity index (χ0n) is 10.2. The predicted molar refractivity (Wildman–Crippen MR) is 66.4 cm³/mol. The van der Waals surface area contributed by atoms with Crippen molar-refractivity contribution in [3.63, 3.8) is 0 Å². The van der Waals surface area contributed by atoms with Gasteiger partial charge in [0.2, 0.25) is 0 Å². The number of carbonyl (C=O) groups is 2. The first kappa shape index (κ1) is 14.2. The molecular formula is C13H17NO4. The predicted octanol–water partition coefficient (Wildman–Crippen LogP) is 1.58. The van der Waals surface area contributed by atoms with Gasteiger partial charge in [-0.3, -0.25) is 0 Å². The molecule has 98 valence electrons. The van der Waals surface area contributed by atoms with Crippen LogP contribution in [-0.4, -0.2) is 28.7 Å². The second-order valence-corrected chi connectivity index (χ2v) is 4.12. The van der Waals surface area contributed by atoms with Gasteiger partial charge < -0.3 is 15.5 Å². The van der Waals surface area contributed by atoms with Crippen molar-refractivity contribution >= 4 is 11.9 Å². The number of carboxylic acids is 2. The minimum Gasteiger partial charge on any atom is -0.473 e. The molecule has 0 bridgehead atoms. The Morgan fingerprint density at radius 2 is 1.83 bits per heavy atom. The number of aryl methyl sites for hydroxylation is 1. The molecule has 0 spiro atoms. The van der Waals surface area contributed by atoms with Gasteiger partial charge in [0.05, 0.1) is 0 Å². The second-order valence-electron chi connectivity index (χ2n) is 4.12. The molecule has 0 radical (unpaired) electrons. The first-order chi connectivity index (χ1) is 8.52. The van der Waals surface area contributed by atoms with Crippen LogP contribution >= 0.6 is 0 Å². The molecule has 1 aliphatic heterocycles. The van der Waals surface area contributed by atoms with Crippen LogP contribution in [-0.2, 0) is 9.59 Å². The van der Waals surface area contributed by atoms with Gasteiger partial charge in [0.25, 0.3) is 0 Å². The minimum absolute atomic E-state index is 0.617. The Balaban J connectivity index is 0.000000232. The average Bonchev–Trinajstić information content (AvgIpc) is 2.83. The zero-order valence-corrected chi connectivity index (χ0v) is 10.2. The topological polar surface area (TPSA) is 86.6 Å². The first-order valence-corrected chi connectivity index (χ1v) is 5.77. The molecule has 1 aromatic carbocycles. The summed E-state index contributed by atoms with van der Waals surface area (Å²) in [4.78, 5) is 18.2. The van der Waals surface area contributed by atoms with E-state index < -0.39 is 11.9 Å². The van der Waals surface area contributed by atoms with Crippen LogP contribution in [0.25, 0.3) is 0 Å². The van der Waals surface area contributed by atoms with Crippen molar-refractivity contribution < 1.29 is 19.8 Å². The maximum Gasteiger partial charge on any atom is 0.414 e. The van der Waals surface area contributed by atoms with E-state index in [1.54, 1.807) is 0 Å². The van der Waals surface area contributed by atoms with Crippen LogP contribution in [0.4, 0.5) is 0 Å². The molecule has 1 fully saturated rings. The summed E-state index contributed by atoms with van der Waals surface area (Å²) < 4.78 is 0. The highest BCUT2D eigenvalue weighted by Gasteiger charge is 2.16. The molecule has 5 heteroatoms. The fourth-order valence-corrected chi connectivity index (χ4v) is 1.93. The Kier molecular flexibility index (Phi) is 5.32. The van der Waals surface area contributed by atoms with Crippen molar-refractivity contribution in [1.82, 2.24) is 5.32 Å². The third-order valence-corrected chi connectivity index (χ3v) is 2.81. The standard InChI is InChI=1S/C11H15N.C2H2O4/c1-9-5-2-3-6-10(9)11-7-4-8-12-11;3-1(4)2(5)6/h2-3,5-6,11-12H,4,7-8H2,1H3;(H,3,4)(H,5,6). The summed E-state index contributed by atoms with van der Waals surface area (Å²) in [5.74, 6) is -3.65. The summed E-state index contributed by atoms with van der Waals surface area (Å²) in [6.45, 7) is 3.37. The van der Waals surface area contributed by atoms with Gasteiger partial charge in [-0.15, -0.1) is 0 Å². The minimum atomic E-state index is -1.82. The molecule has 0 saturated carbocycles. The van der Waals surface area contributed by atoms with Crippen LogP contribution in [0.5, 0.6) is 0 Å². The van der Waals surface area contributed by atoms with Crippen molar-refractivity contribution in [1.29, 1.82) is 0 Å². The molecular weight excluding hydrogens is 234 g/mol. The molecule has 18 heavy (non-hydrogen) atoms. The largest absolute Gasteiger partial charge is 0.473 e. The van der Waals surface area contributed by atoms with Crippen LogP contribution in [0.15, 0.2) is 24.3 Å². The summed E-state index contributed by atoms with van der Waals surface area (Å²) in [5.41, 5.74) is 2.90. The Labute approximate surface area is 105 Å². The lowest BCUT2D eigenvalue weighted by molar-refractivity contribution is -0.159. The van der Waals surface area contributed by atoms with E-state index in [0.29, 0.717) is 6.04 Å². The first-order valence-electron chi connectivity index (χ1n) is 5.77. The lowest BCUT2D eigenvalue weighted by atomic mass is 10.0. The second kappa shape index (κ2) is 6.76. The molecule has 1 aliphatic rings. The van der Waals surface area contributed by atoms with Gasteiger partial charge in [-0.05, 0) is 37.4 Å². The average molecular weight is 251 g/mol. The summed E-state index contributed by atoms with van der Waals surface area (Å²) in [7, 11) is 0. The highest BCUT2D eigenvalue weighted by atomic mass is 16.4. The quantitative estimate of drug-likeness (QED) is 0.660. The molecule has 1 atom stereocenters. The Morgan fingerprint density at radius 1 is 1.22 bits per heavy atom. The summed E-state index contributed by atoms with van der Waals surface area (Å²) in [6.07, 6.45) is 2.61. The fourth-order valence-electron chi connectivity index (χ4n) is 1.93. The molecule has 3 N–H and O–H groups in total. The van der Waals surface area contributed by atoms with Gasteiger partial charge in [0, 0.05) is 6.04 Å². The molecule has 1 aromatic rings. The van der Waals surface area contributed by atoms with Crippen LogP contribution in [0, 0.1) is 6.92 Å². The van der Waals surface area contributed by atoms with Crippen LogP contribution in [0.2, 0.25) is 0 Å². The van der Waals surface area contributed by atoms with E-state index in [0.717, 1.165) is 0 Å². The molecule has 0 aromatic heterocycles. The zero-order chi connectivity index (χ0) is 13.5. The Morgan fingerprint density at radius 3 is 2.28 bits per heavy atom. The van der Waals surface area contributed by atoms with Gasteiger partial charge in [0.1, 0.15) is 0 Å². The smallest absolute Gasteiger partial charge is 0.414 e. The number of benzene rings is 1. The van der Waals surface area contributed by atoms with Gasteiger partial charge in [-0.1, -0.05) is 24.3 Å². The number of hydrogen-bond acceptors (Lipinski definition) is 3. The lowest BCUT2D eigenvalue weighted by Crippen LogP contribution is -2.13. The maximum absolute atomic E-state index is 9.10. The van der Waals surface area contributed by atoms with E-state index in [9.17, 15) is 0 Å². The molecule has 0 amide bonds. The van der Waals surface area contributed by atoms with Crippen molar-refractivity contribution in [3.05, 3.63) is 35.4 Å². The van der Waals surface area contributed by atoms with Crippen LogP contribution in [0.1, 0.15) is 30.0 Å². The SMILES string of the molecule is Cc1ccccc1C1CCCN1.O=C(O)C(=O)O. The molecule has 0 aliphatic carbocycles. The molecule has 1 unspecified atom stereocenters. The van der Waals surface area contributed by atoms with Crippen LogP contribution < -0.4 is 5.32 Å². The van der Waals surface area contributed by atoms with Crippen molar-refractivity contribution in [2.75, 3.05) is 6.54 Å². The fraction of sp³-hybridized carbons (Fsp3) is 0.385. The van der Waals surface area contributed by atoms with E-state index in [1.807, 2.05) is 0 Å². The number of hydrogen-bond donors (Lipinski definition) is 3. The summed E-state index contributed by atoms with van der Waals surface area (Å²) in [6, 6.07) is 9.27. The van der Waals surface area contributed by atoms with Crippen LogP contribution in [0.3, 0.4) is 0 Å². The van der Waals surface area contributed by atoms with Gasteiger partial charge in [-0.2, -0.15) is 0 Å². The molecule has 2 rings (SSSR count). The number of carboxylic acid groups (broad SMARTS) is 2. The van der Waals surface area contributed by atoms with Gasteiger partial charge in [-0.25, -0.2) is 9.59 Å².